The normalized spacial score (nSPS) is 17.4. The second-order valence-electron chi connectivity index (χ2n) is 5.04. The lowest BCUT2D eigenvalue weighted by molar-refractivity contribution is 0.395. The molecule has 0 unspecified atom stereocenters. The van der Waals surface area contributed by atoms with Crippen molar-refractivity contribution in [1.82, 2.24) is 5.32 Å². The summed E-state index contributed by atoms with van der Waals surface area (Å²) in [5, 5.41) is 3.18. The van der Waals surface area contributed by atoms with Gasteiger partial charge in [-0.1, -0.05) is 25.5 Å². The van der Waals surface area contributed by atoms with Gasteiger partial charge in [-0.05, 0) is 43.5 Å². The zero-order chi connectivity index (χ0) is 12.1. The summed E-state index contributed by atoms with van der Waals surface area (Å²) in [5.74, 6) is 0.954. The summed E-state index contributed by atoms with van der Waals surface area (Å²) in [7, 11) is 1.99. The van der Waals surface area contributed by atoms with E-state index in [0.29, 0.717) is 0 Å². The molecule has 0 amide bonds. The molecular weight excluding hydrogens is 208 g/mol. The zero-order valence-electron chi connectivity index (χ0n) is 11.1. The average molecular weight is 232 g/mol. The van der Waals surface area contributed by atoms with E-state index in [0.717, 1.165) is 12.5 Å². The standard InChI is InChI=1S/C15H24N2/c1-3-13-8-10-17(11-9-13)15-6-4-14(5-7-15)12-16-2/h4-7,13,16H,3,8-12H2,1-2H3. The summed E-state index contributed by atoms with van der Waals surface area (Å²) in [4.78, 5) is 2.52. The molecule has 1 aliphatic rings. The van der Waals surface area contributed by atoms with Crippen LogP contribution in [0.3, 0.4) is 0 Å². The molecule has 1 fully saturated rings. The van der Waals surface area contributed by atoms with E-state index in [1.807, 2.05) is 7.05 Å². The summed E-state index contributed by atoms with van der Waals surface area (Å²) in [6, 6.07) is 8.99. The van der Waals surface area contributed by atoms with E-state index in [9.17, 15) is 0 Å². The van der Waals surface area contributed by atoms with Crippen LogP contribution in [0.4, 0.5) is 5.69 Å². The van der Waals surface area contributed by atoms with Crippen LogP contribution in [-0.2, 0) is 6.54 Å². The van der Waals surface area contributed by atoms with Crippen LogP contribution in [0.15, 0.2) is 24.3 Å². The minimum absolute atomic E-state index is 0.954. The molecule has 0 saturated carbocycles. The first-order chi connectivity index (χ1) is 8.33. The van der Waals surface area contributed by atoms with Gasteiger partial charge >= 0.3 is 0 Å². The molecule has 0 aliphatic carbocycles. The fourth-order valence-corrected chi connectivity index (χ4v) is 2.63. The van der Waals surface area contributed by atoms with Gasteiger partial charge in [0.25, 0.3) is 0 Å². The van der Waals surface area contributed by atoms with Gasteiger partial charge in [0.05, 0.1) is 0 Å². The van der Waals surface area contributed by atoms with Crippen molar-refractivity contribution in [3.05, 3.63) is 29.8 Å². The quantitative estimate of drug-likeness (QED) is 0.858. The number of hydrogen-bond acceptors (Lipinski definition) is 2. The van der Waals surface area contributed by atoms with Gasteiger partial charge in [-0.25, -0.2) is 0 Å². The molecule has 1 aliphatic heterocycles. The molecule has 94 valence electrons. The van der Waals surface area contributed by atoms with Gasteiger partial charge in [-0.2, -0.15) is 0 Å². The molecule has 2 heteroatoms. The molecule has 1 aromatic rings. The van der Waals surface area contributed by atoms with Gasteiger partial charge in [-0.3, -0.25) is 0 Å². The van der Waals surface area contributed by atoms with Crippen molar-refractivity contribution in [2.75, 3.05) is 25.0 Å². The summed E-state index contributed by atoms with van der Waals surface area (Å²) in [6.07, 6.45) is 4.05. The average Bonchev–Trinajstić information content (AvgIpc) is 2.40. The van der Waals surface area contributed by atoms with Crippen LogP contribution in [0.25, 0.3) is 0 Å². The number of hydrogen-bond donors (Lipinski definition) is 1. The van der Waals surface area contributed by atoms with E-state index < -0.39 is 0 Å². The molecule has 2 rings (SSSR count). The molecule has 1 heterocycles. The molecule has 0 aromatic heterocycles. The summed E-state index contributed by atoms with van der Waals surface area (Å²) < 4.78 is 0. The maximum Gasteiger partial charge on any atom is 0.0366 e. The van der Waals surface area contributed by atoms with E-state index in [1.165, 1.54) is 43.6 Å². The molecule has 0 radical (unpaired) electrons. The lowest BCUT2D eigenvalue weighted by Crippen LogP contribution is -2.33. The first kappa shape index (κ1) is 12.4. The predicted octanol–water partition coefficient (Wildman–Crippen LogP) is 3.03. The van der Waals surface area contributed by atoms with Crippen molar-refractivity contribution in [2.24, 2.45) is 5.92 Å². The Hall–Kier alpha value is -1.02. The molecule has 1 N–H and O–H groups in total. The highest BCUT2D eigenvalue weighted by Crippen LogP contribution is 2.25. The molecule has 17 heavy (non-hydrogen) atoms. The third-order valence-electron chi connectivity index (χ3n) is 3.87. The minimum Gasteiger partial charge on any atom is -0.372 e. The van der Waals surface area contributed by atoms with Gasteiger partial charge in [-0.15, -0.1) is 0 Å². The van der Waals surface area contributed by atoms with Gasteiger partial charge in [0.1, 0.15) is 0 Å². The van der Waals surface area contributed by atoms with Crippen LogP contribution < -0.4 is 10.2 Å². The lowest BCUT2D eigenvalue weighted by atomic mass is 9.94. The van der Waals surface area contributed by atoms with Gasteiger partial charge in [0, 0.05) is 25.3 Å². The molecule has 1 saturated heterocycles. The van der Waals surface area contributed by atoms with Crippen LogP contribution in [0, 0.1) is 5.92 Å². The Morgan fingerprint density at radius 3 is 2.35 bits per heavy atom. The van der Waals surface area contributed by atoms with Crippen LogP contribution in [-0.4, -0.2) is 20.1 Å². The highest BCUT2D eigenvalue weighted by molar-refractivity contribution is 5.47. The van der Waals surface area contributed by atoms with Crippen molar-refractivity contribution >= 4 is 5.69 Å². The third-order valence-corrected chi connectivity index (χ3v) is 3.87. The van der Waals surface area contributed by atoms with Gasteiger partial charge in [0.2, 0.25) is 0 Å². The Bertz CT molecular complexity index is 323. The van der Waals surface area contributed by atoms with E-state index in [4.69, 9.17) is 0 Å². The van der Waals surface area contributed by atoms with E-state index in [1.54, 1.807) is 0 Å². The monoisotopic (exact) mass is 232 g/mol. The maximum absolute atomic E-state index is 3.18. The largest absolute Gasteiger partial charge is 0.372 e. The Balaban J connectivity index is 1.94. The first-order valence-electron chi connectivity index (χ1n) is 6.82. The topological polar surface area (TPSA) is 15.3 Å². The second kappa shape index (κ2) is 6.06. The molecule has 2 nitrogen and oxygen atoms in total. The minimum atomic E-state index is 0.954. The van der Waals surface area contributed by atoms with Crippen molar-refractivity contribution in [3.8, 4) is 0 Å². The van der Waals surface area contributed by atoms with Crippen molar-refractivity contribution < 1.29 is 0 Å². The number of piperidine rings is 1. The van der Waals surface area contributed by atoms with Gasteiger partial charge < -0.3 is 10.2 Å². The van der Waals surface area contributed by atoms with Gasteiger partial charge in [0.15, 0.2) is 0 Å². The molecular formula is C15H24N2. The van der Waals surface area contributed by atoms with E-state index in [-0.39, 0.29) is 0 Å². The number of rotatable bonds is 4. The number of benzene rings is 1. The number of nitrogens with one attached hydrogen (secondary N) is 1. The van der Waals surface area contributed by atoms with E-state index in [2.05, 4.69) is 41.4 Å². The predicted molar refractivity (Wildman–Crippen MR) is 74.4 cm³/mol. The number of nitrogens with zero attached hydrogens (tertiary/aromatic N) is 1. The van der Waals surface area contributed by atoms with Crippen molar-refractivity contribution in [1.29, 1.82) is 0 Å². The Morgan fingerprint density at radius 2 is 1.82 bits per heavy atom. The fraction of sp³-hybridized carbons (Fsp3) is 0.600. The van der Waals surface area contributed by atoms with Crippen LogP contribution in [0.2, 0.25) is 0 Å². The van der Waals surface area contributed by atoms with Crippen LogP contribution >= 0.6 is 0 Å². The Morgan fingerprint density at radius 1 is 1.18 bits per heavy atom. The van der Waals surface area contributed by atoms with Crippen LogP contribution in [0.1, 0.15) is 31.7 Å². The summed E-state index contributed by atoms with van der Waals surface area (Å²) >= 11 is 0. The second-order valence-corrected chi connectivity index (χ2v) is 5.04. The van der Waals surface area contributed by atoms with Crippen molar-refractivity contribution in [3.63, 3.8) is 0 Å². The van der Waals surface area contributed by atoms with Crippen molar-refractivity contribution in [2.45, 2.75) is 32.7 Å². The number of anilines is 1. The smallest absolute Gasteiger partial charge is 0.0366 e. The molecule has 0 atom stereocenters. The fourth-order valence-electron chi connectivity index (χ4n) is 2.63. The Labute approximate surface area is 105 Å². The zero-order valence-corrected chi connectivity index (χ0v) is 11.1. The first-order valence-corrected chi connectivity index (χ1v) is 6.82. The molecule has 1 aromatic carbocycles. The highest BCUT2D eigenvalue weighted by Gasteiger charge is 2.17. The molecule has 0 bridgehead atoms. The third kappa shape index (κ3) is 3.22. The highest BCUT2D eigenvalue weighted by atomic mass is 15.1. The summed E-state index contributed by atoms with van der Waals surface area (Å²) in [5.41, 5.74) is 2.75. The lowest BCUT2D eigenvalue weighted by Gasteiger charge is -2.33. The van der Waals surface area contributed by atoms with Crippen LogP contribution in [0.5, 0.6) is 0 Å². The molecule has 0 spiro atoms. The summed E-state index contributed by atoms with van der Waals surface area (Å²) in [6.45, 7) is 5.72. The maximum atomic E-state index is 3.18. The van der Waals surface area contributed by atoms with E-state index >= 15 is 0 Å². The SMILES string of the molecule is CCC1CCN(c2ccc(CNC)cc2)CC1. The Kier molecular flexibility index (Phi) is 4.43.